The molecule has 0 aromatic carbocycles. The maximum absolute atomic E-state index is 11.1. The van der Waals surface area contributed by atoms with E-state index in [9.17, 15) is 4.79 Å². The van der Waals surface area contributed by atoms with Gasteiger partial charge in [-0.25, -0.2) is 0 Å². The molecular weight excluding hydrogens is 152 g/mol. The van der Waals surface area contributed by atoms with Crippen LogP contribution < -0.4 is 0 Å². The Morgan fingerprint density at radius 3 is 2.58 bits per heavy atom. The Labute approximate surface area is 73.9 Å². The number of esters is 1. The van der Waals surface area contributed by atoms with Crippen LogP contribution in [0, 0.1) is 5.92 Å². The zero-order chi connectivity index (χ0) is 9.56. The first kappa shape index (κ1) is 11.0. The second-order valence-corrected chi connectivity index (χ2v) is 2.85. The molecule has 2 heteroatoms. The van der Waals surface area contributed by atoms with Gasteiger partial charge in [0.2, 0.25) is 0 Å². The van der Waals surface area contributed by atoms with Crippen molar-refractivity contribution in [1.82, 2.24) is 0 Å². The van der Waals surface area contributed by atoms with Crippen LogP contribution in [0.2, 0.25) is 0 Å². The summed E-state index contributed by atoms with van der Waals surface area (Å²) in [6.45, 7) is 7.91. The van der Waals surface area contributed by atoms with Crippen molar-refractivity contribution in [2.45, 2.75) is 27.7 Å². The molecule has 0 saturated carbocycles. The van der Waals surface area contributed by atoms with Crippen LogP contribution >= 0.6 is 0 Å². The van der Waals surface area contributed by atoms with Gasteiger partial charge in [-0.05, 0) is 39.3 Å². The van der Waals surface area contributed by atoms with E-state index in [0.717, 1.165) is 5.57 Å². The van der Waals surface area contributed by atoms with Gasteiger partial charge in [0.15, 0.2) is 0 Å². The topological polar surface area (TPSA) is 26.3 Å². The highest BCUT2D eigenvalue weighted by molar-refractivity contribution is 5.73. The maximum atomic E-state index is 11.1. The minimum Gasteiger partial charge on any atom is -0.466 e. The number of ether oxygens (including phenoxy) is 1. The molecule has 68 valence electrons. The molecule has 0 fully saturated rings. The Kier molecular flexibility index (Phi) is 5.14. The zero-order valence-corrected chi connectivity index (χ0v) is 8.18. The number of carbonyl (C=O) groups excluding carboxylic acids is 1. The lowest BCUT2D eigenvalue weighted by Gasteiger charge is -2.03. The van der Waals surface area contributed by atoms with Crippen LogP contribution in [-0.4, -0.2) is 12.6 Å². The lowest BCUT2D eigenvalue weighted by Crippen LogP contribution is -2.11. The molecule has 0 bridgehead atoms. The van der Waals surface area contributed by atoms with Crippen LogP contribution in [0.3, 0.4) is 0 Å². The third-order valence-corrected chi connectivity index (χ3v) is 1.28. The minimum atomic E-state index is -0.195. The summed E-state index contributed by atoms with van der Waals surface area (Å²) in [5.41, 5.74) is 4.04. The van der Waals surface area contributed by atoms with E-state index in [4.69, 9.17) is 4.74 Å². The molecule has 0 heterocycles. The van der Waals surface area contributed by atoms with Gasteiger partial charge in [-0.3, -0.25) is 4.79 Å². The molecule has 0 N–H and O–H groups in total. The molecule has 0 radical (unpaired) electrons. The predicted octanol–water partition coefficient (Wildman–Crippen LogP) is 2.31. The van der Waals surface area contributed by atoms with E-state index in [1.54, 1.807) is 19.9 Å². The summed E-state index contributed by atoms with van der Waals surface area (Å²) in [6.07, 6.45) is 1.73. The molecule has 0 aliphatic rings. The van der Waals surface area contributed by atoms with E-state index in [1.807, 2.05) is 13.8 Å². The number of hydrogen-bond acceptors (Lipinski definition) is 2. The lowest BCUT2D eigenvalue weighted by atomic mass is 10.2. The largest absolute Gasteiger partial charge is 0.466 e. The second-order valence-electron chi connectivity index (χ2n) is 2.85. The van der Waals surface area contributed by atoms with E-state index in [1.165, 1.54) is 0 Å². The summed E-state index contributed by atoms with van der Waals surface area (Å²) in [5.74, 6) is -0.383. The Balaban J connectivity index is 4.13. The van der Waals surface area contributed by atoms with Gasteiger partial charge in [0.05, 0.1) is 12.5 Å². The average molecular weight is 168 g/mol. The maximum Gasteiger partial charge on any atom is 0.313 e. The smallest absolute Gasteiger partial charge is 0.313 e. The van der Waals surface area contributed by atoms with Gasteiger partial charge >= 0.3 is 5.97 Å². The first-order chi connectivity index (χ1) is 5.57. The van der Waals surface area contributed by atoms with Crippen LogP contribution in [0.15, 0.2) is 17.4 Å². The highest BCUT2D eigenvalue weighted by Crippen LogP contribution is 2.00. The van der Waals surface area contributed by atoms with Gasteiger partial charge in [0.25, 0.3) is 0 Å². The first-order valence-corrected chi connectivity index (χ1v) is 4.14. The number of rotatable bonds is 3. The molecule has 2 nitrogen and oxygen atoms in total. The van der Waals surface area contributed by atoms with Gasteiger partial charge in [-0.15, -0.1) is 5.73 Å². The third-order valence-electron chi connectivity index (χ3n) is 1.28. The van der Waals surface area contributed by atoms with Crippen LogP contribution in [-0.2, 0) is 9.53 Å². The van der Waals surface area contributed by atoms with Crippen LogP contribution in [0.4, 0.5) is 0 Å². The molecule has 1 atom stereocenters. The van der Waals surface area contributed by atoms with Crippen LogP contribution in [0.1, 0.15) is 27.7 Å². The van der Waals surface area contributed by atoms with Crippen molar-refractivity contribution in [1.29, 1.82) is 0 Å². The van der Waals surface area contributed by atoms with Crippen LogP contribution in [0.5, 0.6) is 0 Å². The van der Waals surface area contributed by atoms with Gasteiger partial charge in [-0.1, -0.05) is 0 Å². The monoisotopic (exact) mass is 168 g/mol. The standard InChI is InChI=1S/C10H16O2/c1-5-12-10(11)9(4)7-6-8(2)3/h7,9H,5H2,1-4H3. The summed E-state index contributed by atoms with van der Waals surface area (Å²) in [7, 11) is 0. The highest BCUT2D eigenvalue weighted by Gasteiger charge is 2.08. The van der Waals surface area contributed by atoms with Crippen molar-refractivity contribution in [3.63, 3.8) is 0 Å². The fourth-order valence-corrected chi connectivity index (χ4v) is 0.633. The molecule has 0 amide bonds. The Morgan fingerprint density at radius 2 is 2.17 bits per heavy atom. The fourth-order valence-electron chi connectivity index (χ4n) is 0.633. The molecule has 1 unspecified atom stereocenters. The normalized spacial score (nSPS) is 11.3. The molecule has 0 aromatic heterocycles. The van der Waals surface area contributed by atoms with Gasteiger partial charge in [0.1, 0.15) is 0 Å². The fraction of sp³-hybridized carbons (Fsp3) is 0.600. The van der Waals surface area contributed by atoms with Crippen molar-refractivity contribution in [3.05, 3.63) is 17.4 Å². The van der Waals surface area contributed by atoms with Gasteiger partial charge in [-0.2, -0.15) is 0 Å². The number of carbonyl (C=O) groups is 1. The SMILES string of the molecule is CCOC(=O)C(C)C=C=C(C)C. The lowest BCUT2D eigenvalue weighted by molar-refractivity contribution is -0.145. The second kappa shape index (κ2) is 5.62. The Bertz CT molecular complexity index is 206. The molecule has 0 aliphatic heterocycles. The van der Waals surface area contributed by atoms with E-state index >= 15 is 0 Å². The Hall–Kier alpha value is -1.01. The Morgan fingerprint density at radius 1 is 1.58 bits per heavy atom. The van der Waals surface area contributed by atoms with Crippen molar-refractivity contribution in [3.8, 4) is 0 Å². The molecule has 0 spiro atoms. The van der Waals surface area contributed by atoms with E-state index in [0.29, 0.717) is 6.61 Å². The quantitative estimate of drug-likeness (QED) is 0.477. The zero-order valence-electron chi connectivity index (χ0n) is 8.18. The van der Waals surface area contributed by atoms with Crippen molar-refractivity contribution in [2.24, 2.45) is 5.92 Å². The summed E-state index contributed by atoms with van der Waals surface area (Å²) in [4.78, 5) is 11.1. The highest BCUT2D eigenvalue weighted by atomic mass is 16.5. The van der Waals surface area contributed by atoms with E-state index in [2.05, 4.69) is 5.73 Å². The predicted molar refractivity (Wildman–Crippen MR) is 48.7 cm³/mol. The van der Waals surface area contributed by atoms with Gasteiger partial charge in [0, 0.05) is 0 Å². The van der Waals surface area contributed by atoms with E-state index < -0.39 is 0 Å². The van der Waals surface area contributed by atoms with Crippen molar-refractivity contribution in [2.75, 3.05) is 6.61 Å². The van der Waals surface area contributed by atoms with Crippen molar-refractivity contribution >= 4 is 5.97 Å². The third kappa shape index (κ3) is 4.75. The molecule has 0 saturated heterocycles. The van der Waals surface area contributed by atoms with Crippen molar-refractivity contribution < 1.29 is 9.53 Å². The molecule has 12 heavy (non-hydrogen) atoms. The van der Waals surface area contributed by atoms with E-state index in [-0.39, 0.29) is 11.9 Å². The minimum absolute atomic E-state index is 0.189. The molecular formula is C10H16O2. The summed E-state index contributed by atoms with van der Waals surface area (Å²) in [5, 5.41) is 0. The molecule has 0 aromatic rings. The molecule has 0 aliphatic carbocycles. The summed E-state index contributed by atoms with van der Waals surface area (Å²) in [6, 6.07) is 0. The van der Waals surface area contributed by atoms with Crippen LogP contribution in [0.25, 0.3) is 0 Å². The van der Waals surface area contributed by atoms with Gasteiger partial charge < -0.3 is 4.74 Å². The summed E-state index contributed by atoms with van der Waals surface area (Å²) < 4.78 is 4.82. The average Bonchev–Trinajstić information content (AvgIpc) is 2.00. The first-order valence-electron chi connectivity index (χ1n) is 4.14. The molecule has 0 rings (SSSR count). The number of hydrogen-bond donors (Lipinski definition) is 0. The summed E-state index contributed by atoms with van der Waals surface area (Å²) >= 11 is 0.